The van der Waals surface area contributed by atoms with Gasteiger partial charge >= 0.3 is 5.97 Å². The molecule has 1 heterocycles. The molecule has 0 aliphatic heterocycles. The van der Waals surface area contributed by atoms with Gasteiger partial charge in [0.1, 0.15) is 0 Å². The van der Waals surface area contributed by atoms with Gasteiger partial charge in [-0.3, -0.25) is 4.79 Å². The van der Waals surface area contributed by atoms with Gasteiger partial charge < -0.3 is 9.67 Å². The Morgan fingerprint density at radius 2 is 2.24 bits per heavy atom. The monoisotopic (exact) mass is 228 g/mol. The largest absolute Gasteiger partial charge is 0.481 e. The number of benzene rings is 1. The van der Waals surface area contributed by atoms with E-state index in [0.29, 0.717) is 12.0 Å². The molecule has 0 bridgehead atoms. The van der Waals surface area contributed by atoms with E-state index in [-0.39, 0.29) is 6.42 Å². The average molecular weight is 228 g/mol. The highest BCUT2D eigenvalue weighted by Crippen LogP contribution is 2.24. The van der Waals surface area contributed by atoms with Gasteiger partial charge in [0.05, 0.1) is 17.1 Å². The van der Waals surface area contributed by atoms with Crippen LogP contribution in [0.4, 0.5) is 0 Å². The molecule has 86 valence electrons. The number of aryl methyl sites for hydroxylation is 2. The molecule has 0 aliphatic rings. The van der Waals surface area contributed by atoms with Crippen molar-refractivity contribution < 1.29 is 9.90 Å². The predicted molar refractivity (Wildman–Crippen MR) is 63.6 cm³/mol. The van der Waals surface area contributed by atoms with Gasteiger partial charge in [-0.25, -0.2) is 0 Å². The van der Waals surface area contributed by atoms with Crippen LogP contribution in [0.5, 0.6) is 0 Å². The number of hydrogen-bond acceptors (Lipinski definition) is 2. The minimum absolute atomic E-state index is 0.103. The number of carbonyl (C=O) groups is 1. The summed E-state index contributed by atoms with van der Waals surface area (Å²) in [5.74, 6) is -0.809. The van der Waals surface area contributed by atoms with Crippen molar-refractivity contribution in [2.24, 2.45) is 7.05 Å². The second-order valence-corrected chi connectivity index (χ2v) is 3.97. The first-order valence-electron chi connectivity index (χ1n) is 5.32. The molecular weight excluding hydrogens is 216 g/mol. The van der Waals surface area contributed by atoms with Crippen molar-refractivity contribution in [3.8, 4) is 6.07 Å². The highest BCUT2D eigenvalue weighted by atomic mass is 16.4. The van der Waals surface area contributed by atoms with Crippen LogP contribution in [0.15, 0.2) is 24.4 Å². The maximum absolute atomic E-state index is 10.6. The van der Waals surface area contributed by atoms with Crippen LogP contribution in [0, 0.1) is 11.3 Å². The van der Waals surface area contributed by atoms with Crippen LogP contribution in [-0.4, -0.2) is 15.6 Å². The second kappa shape index (κ2) is 4.30. The summed E-state index contributed by atoms with van der Waals surface area (Å²) in [6.07, 6.45) is 2.47. The molecule has 17 heavy (non-hydrogen) atoms. The molecule has 0 unspecified atom stereocenters. The fraction of sp³-hybridized carbons (Fsp3) is 0.231. The minimum atomic E-state index is -0.809. The summed E-state index contributed by atoms with van der Waals surface area (Å²) in [5, 5.41) is 18.6. The first-order chi connectivity index (χ1) is 8.13. The lowest BCUT2D eigenvalue weighted by atomic mass is 10.0. The van der Waals surface area contributed by atoms with E-state index in [1.54, 1.807) is 6.07 Å². The summed E-state index contributed by atoms with van der Waals surface area (Å²) < 4.78 is 1.92. The zero-order chi connectivity index (χ0) is 12.4. The normalized spacial score (nSPS) is 10.4. The van der Waals surface area contributed by atoms with Crippen molar-refractivity contribution >= 4 is 16.9 Å². The van der Waals surface area contributed by atoms with E-state index in [1.165, 1.54) is 0 Å². The average Bonchev–Trinajstić information content (AvgIpc) is 2.69. The molecule has 4 heteroatoms. The first-order valence-corrected chi connectivity index (χ1v) is 5.32. The van der Waals surface area contributed by atoms with Crippen molar-refractivity contribution in [3.05, 3.63) is 35.5 Å². The minimum Gasteiger partial charge on any atom is -0.481 e. The molecule has 4 nitrogen and oxygen atoms in total. The number of nitriles is 1. The number of nitrogens with zero attached hydrogens (tertiary/aromatic N) is 2. The number of carboxylic acid groups (broad SMARTS) is 1. The summed E-state index contributed by atoms with van der Waals surface area (Å²) in [6, 6.07) is 7.62. The van der Waals surface area contributed by atoms with E-state index < -0.39 is 5.97 Å². The number of carboxylic acids is 1. The molecule has 0 radical (unpaired) electrons. The molecule has 1 N–H and O–H groups in total. The molecule has 0 spiro atoms. The number of aliphatic carboxylic acids is 1. The first kappa shape index (κ1) is 11.2. The van der Waals surface area contributed by atoms with Gasteiger partial charge in [0, 0.05) is 25.1 Å². The molecule has 2 rings (SSSR count). The Balaban J connectivity index is 2.54. The third-order valence-corrected chi connectivity index (χ3v) is 2.85. The lowest BCUT2D eigenvalue weighted by Gasteiger charge is -2.06. The number of hydrogen-bond donors (Lipinski definition) is 1. The summed E-state index contributed by atoms with van der Waals surface area (Å²) in [6.45, 7) is 0. The fourth-order valence-corrected chi connectivity index (χ4v) is 2.04. The summed E-state index contributed by atoms with van der Waals surface area (Å²) >= 11 is 0. The van der Waals surface area contributed by atoms with Gasteiger partial charge in [-0.15, -0.1) is 0 Å². The summed E-state index contributed by atoms with van der Waals surface area (Å²) in [7, 11) is 1.90. The smallest absolute Gasteiger partial charge is 0.303 e. The Hall–Kier alpha value is -2.28. The van der Waals surface area contributed by atoms with Crippen molar-refractivity contribution in [2.45, 2.75) is 12.8 Å². The van der Waals surface area contributed by atoms with Crippen molar-refractivity contribution in [1.29, 1.82) is 5.26 Å². The third-order valence-electron chi connectivity index (χ3n) is 2.85. The zero-order valence-electron chi connectivity index (χ0n) is 9.47. The molecule has 0 amide bonds. The Labute approximate surface area is 98.7 Å². The fourth-order valence-electron chi connectivity index (χ4n) is 2.04. The van der Waals surface area contributed by atoms with E-state index in [9.17, 15) is 4.79 Å². The van der Waals surface area contributed by atoms with Gasteiger partial charge in [0.15, 0.2) is 0 Å². The molecule has 1 aromatic heterocycles. The van der Waals surface area contributed by atoms with Crippen LogP contribution in [-0.2, 0) is 18.3 Å². The number of rotatable bonds is 3. The number of aromatic nitrogens is 1. The number of fused-ring (bicyclic) bond motifs is 1. The SMILES string of the molecule is Cn1ccc2c(C#N)ccc(CCC(=O)O)c21. The second-order valence-electron chi connectivity index (χ2n) is 3.97. The highest BCUT2D eigenvalue weighted by Gasteiger charge is 2.10. The van der Waals surface area contributed by atoms with Crippen LogP contribution in [0.2, 0.25) is 0 Å². The van der Waals surface area contributed by atoms with E-state index in [4.69, 9.17) is 10.4 Å². The lowest BCUT2D eigenvalue weighted by Crippen LogP contribution is -2.00. The van der Waals surface area contributed by atoms with Crippen molar-refractivity contribution in [2.75, 3.05) is 0 Å². The molecular formula is C13H12N2O2. The van der Waals surface area contributed by atoms with Crippen LogP contribution in [0.1, 0.15) is 17.5 Å². The van der Waals surface area contributed by atoms with Crippen LogP contribution >= 0.6 is 0 Å². The van der Waals surface area contributed by atoms with Gasteiger partial charge in [-0.1, -0.05) is 6.07 Å². The summed E-state index contributed by atoms with van der Waals surface area (Å²) in [4.78, 5) is 10.6. The van der Waals surface area contributed by atoms with Crippen molar-refractivity contribution in [1.82, 2.24) is 4.57 Å². The third kappa shape index (κ3) is 2.00. The predicted octanol–water partition coefficient (Wildman–Crippen LogP) is 2.07. The van der Waals surface area contributed by atoms with E-state index >= 15 is 0 Å². The van der Waals surface area contributed by atoms with E-state index in [0.717, 1.165) is 16.5 Å². The van der Waals surface area contributed by atoms with Crippen LogP contribution in [0.3, 0.4) is 0 Å². The molecule has 0 saturated carbocycles. The van der Waals surface area contributed by atoms with Gasteiger partial charge in [0.25, 0.3) is 0 Å². The molecule has 2 aromatic rings. The highest BCUT2D eigenvalue weighted by molar-refractivity contribution is 5.89. The standard InChI is InChI=1S/C13H12N2O2/c1-15-7-6-11-10(8-14)3-2-9(13(11)15)4-5-12(16)17/h2-3,6-7H,4-5H2,1H3,(H,16,17). The molecule has 0 saturated heterocycles. The van der Waals surface area contributed by atoms with Gasteiger partial charge in [-0.2, -0.15) is 5.26 Å². The maximum Gasteiger partial charge on any atom is 0.303 e. The lowest BCUT2D eigenvalue weighted by molar-refractivity contribution is -0.136. The van der Waals surface area contributed by atoms with Gasteiger partial charge in [-0.05, 0) is 24.1 Å². The topological polar surface area (TPSA) is 66.0 Å². The summed E-state index contributed by atoms with van der Waals surface area (Å²) in [5.41, 5.74) is 2.54. The molecule has 0 atom stereocenters. The molecule has 1 aromatic carbocycles. The molecule has 0 aliphatic carbocycles. The Morgan fingerprint density at radius 1 is 1.47 bits per heavy atom. The maximum atomic E-state index is 10.6. The zero-order valence-corrected chi connectivity index (χ0v) is 9.47. The van der Waals surface area contributed by atoms with Crippen molar-refractivity contribution in [3.63, 3.8) is 0 Å². The van der Waals surface area contributed by atoms with Crippen LogP contribution < -0.4 is 0 Å². The Morgan fingerprint density at radius 3 is 2.88 bits per heavy atom. The Bertz CT molecular complexity index is 620. The Kier molecular flexibility index (Phi) is 2.84. The van der Waals surface area contributed by atoms with E-state index in [2.05, 4.69) is 6.07 Å². The van der Waals surface area contributed by atoms with Crippen LogP contribution in [0.25, 0.3) is 10.9 Å². The molecule has 0 fully saturated rings. The van der Waals surface area contributed by atoms with E-state index in [1.807, 2.05) is 29.9 Å². The van der Waals surface area contributed by atoms with Gasteiger partial charge in [0.2, 0.25) is 0 Å². The quantitative estimate of drug-likeness (QED) is 0.874.